The summed E-state index contributed by atoms with van der Waals surface area (Å²) in [6.45, 7) is 3.60. The summed E-state index contributed by atoms with van der Waals surface area (Å²) in [7, 11) is 0. The number of hydrogen-bond donors (Lipinski definition) is 2. The molecule has 2 aromatic rings. The maximum absolute atomic E-state index is 12.4. The largest absolute Gasteiger partial charge is 0.339 e. The van der Waals surface area contributed by atoms with E-state index >= 15 is 0 Å². The molecule has 0 saturated carbocycles. The minimum absolute atomic E-state index is 0.0654. The zero-order valence-corrected chi connectivity index (χ0v) is 14.4. The van der Waals surface area contributed by atoms with E-state index in [0.717, 1.165) is 37.2 Å². The van der Waals surface area contributed by atoms with Crippen molar-refractivity contribution in [2.24, 2.45) is 0 Å². The summed E-state index contributed by atoms with van der Waals surface area (Å²) < 4.78 is 0. The van der Waals surface area contributed by atoms with Crippen molar-refractivity contribution in [3.63, 3.8) is 0 Å². The van der Waals surface area contributed by atoms with Crippen molar-refractivity contribution >= 4 is 23.3 Å². The Kier molecular flexibility index (Phi) is 5.33. The number of rotatable bonds is 3. The van der Waals surface area contributed by atoms with E-state index in [1.807, 2.05) is 36.1 Å². The molecule has 2 N–H and O–H groups in total. The molecule has 0 spiro atoms. The van der Waals surface area contributed by atoms with Gasteiger partial charge in [-0.15, -0.1) is 0 Å². The summed E-state index contributed by atoms with van der Waals surface area (Å²) in [4.78, 5) is 26.4. The van der Waals surface area contributed by atoms with Crippen LogP contribution in [0, 0.1) is 6.92 Å². The lowest BCUT2D eigenvalue weighted by Crippen LogP contribution is -2.35. The highest BCUT2D eigenvalue weighted by Crippen LogP contribution is 2.17. The van der Waals surface area contributed by atoms with Crippen LogP contribution in [0.2, 0.25) is 0 Å². The smallest absolute Gasteiger partial charge is 0.323 e. The number of aryl methyl sites for hydroxylation is 1. The van der Waals surface area contributed by atoms with Crippen LogP contribution in [0.1, 0.15) is 35.2 Å². The van der Waals surface area contributed by atoms with E-state index in [1.165, 1.54) is 6.42 Å². The molecule has 2 aromatic carbocycles. The Balaban J connectivity index is 1.59. The van der Waals surface area contributed by atoms with Gasteiger partial charge in [0, 0.05) is 30.0 Å². The quantitative estimate of drug-likeness (QED) is 0.879. The van der Waals surface area contributed by atoms with Crippen molar-refractivity contribution in [1.29, 1.82) is 0 Å². The molecule has 0 bridgehead atoms. The number of anilines is 2. The molecule has 25 heavy (non-hydrogen) atoms. The molecule has 5 heteroatoms. The van der Waals surface area contributed by atoms with Gasteiger partial charge in [-0.25, -0.2) is 4.79 Å². The molecule has 0 radical (unpaired) electrons. The zero-order chi connectivity index (χ0) is 17.6. The maximum atomic E-state index is 12.4. The number of benzene rings is 2. The second-order valence-corrected chi connectivity index (χ2v) is 6.32. The van der Waals surface area contributed by atoms with Crippen LogP contribution < -0.4 is 10.6 Å². The Labute approximate surface area is 148 Å². The van der Waals surface area contributed by atoms with E-state index in [4.69, 9.17) is 0 Å². The molecule has 0 atom stereocenters. The average molecular weight is 337 g/mol. The van der Waals surface area contributed by atoms with Crippen molar-refractivity contribution in [2.45, 2.75) is 26.2 Å². The Morgan fingerprint density at radius 2 is 1.56 bits per heavy atom. The number of piperidine rings is 1. The van der Waals surface area contributed by atoms with Gasteiger partial charge in [0.25, 0.3) is 5.91 Å². The predicted molar refractivity (Wildman–Crippen MR) is 100 cm³/mol. The SMILES string of the molecule is Cc1ccccc1NC(=O)Nc1ccc(C(=O)N2CCCCC2)cc1. The first-order chi connectivity index (χ1) is 12.1. The summed E-state index contributed by atoms with van der Waals surface area (Å²) in [5.74, 6) is 0.0654. The molecule has 1 saturated heterocycles. The van der Waals surface area contributed by atoms with Crippen LogP contribution in [-0.2, 0) is 0 Å². The van der Waals surface area contributed by atoms with Crippen LogP contribution in [-0.4, -0.2) is 29.9 Å². The van der Waals surface area contributed by atoms with Crippen LogP contribution in [0.4, 0.5) is 16.2 Å². The summed E-state index contributed by atoms with van der Waals surface area (Å²) >= 11 is 0. The van der Waals surface area contributed by atoms with Gasteiger partial charge in [0.1, 0.15) is 0 Å². The summed E-state index contributed by atoms with van der Waals surface area (Å²) in [6.07, 6.45) is 3.34. The predicted octanol–water partition coefficient (Wildman–Crippen LogP) is 4.27. The van der Waals surface area contributed by atoms with Gasteiger partial charge < -0.3 is 15.5 Å². The Hall–Kier alpha value is -2.82. The third kappa shape index (κ3) is 4.38. The van der Waals surface area contributed by atoms with E-state index in [2.05, 4.69) is 10.6 Å². The van der Waals surface area contributed by atoms with Gasteiger partial charge in [-0.05, 0) is 62.1 Å². The van der Waals surface area contributed by atoms with Gasteiger partial charge in [-0.2, -0.15) is 0 Å². The minimum Gasteiger partial charge on any atom is -0.339 e. The van der Waals surface area contributed by atoms with Crippen LogP contribution in [0.5, 0.6) is 0 Å². The molecule has 0 unspecified atom stereocenters. The van der Waals surface area contributed by atoms with E-state index in [1.54, 1.807) is 24.3 Å². The number of urea groups is 1. The highest BCUT2D eigenvalue weighted by atomic mass is 16.2. The van der Waals surface area contributed by atoms with E-state index in [0.29, 0.717) is 11.3 Å². The van der Waals surface area contributed by atoms with Gasteiger partial charge in [0.2, 0.25) is 0 Å². The van der Waals surface area contributed by atoms with Gasteiger partial charge in [-0.1, -0.05) is 18.2 Å². The molecule has 3 rings (SSSR count). The lowest BCUT2D eigenvalue weighted by Gasteiger charge is -2.26. The second-order valence-electron chi connectivity index (χ2n) is 6.32. The third-order valence-corrected chi connectivity index (χ3v) is 4.43. The third-order valence-electron chi connectivity index (χ3n) is 4.43. The standard InChI is InChI=1S/C20H23N3O2/c1-15-7-3-4-8-18(15)22-20(25)21-17-11-9-16(10-12-17)19(24)23-13-5-2-6-14-23/h3-4,7-12H,2,5-6,13-14H2,1H3,(H2,21,22,25). The molecular formula is C20H23N3O2. The van der Waals surface area contributed by atoms with Crippen molar-refractivity contribution < 1.29 is 9.59 Å². The van der Waals surface area contributed by atoms with E-state index in [-0.39, 0.29) is 11.9 Å². The van der Waals surface area contributed by atoms with Gasteiger partial charge >= 0.3 is 6.03 Å². The molecule has 1 heterocycles. The Morgan fingerprint density at radius 3 is 2.24 bits per heavy atom. The minimum atomic E-state index is -0.301. The number of para-hydroxylation sites is 1. The van der Waals surface area contributed by atoms with Crippen molar-refractivity contribution in [3.05, 3.63) is 59.7 Å². The fourth-order valence-electron chi connectivity index (χ4n) is 2.97. The Morgan fingerprint density at radius 1 is 0.880 bits per heavy atom. The first kappa shape index (κ1) is 17.0. The topological polar surface area (TPSA) is 61.4 Å². The van der Waals surface area contributed by atoms with Crippen LogP contribution in [0.15, 0.2) is 48.5 Å². The van der Waals surface area contributed by atoms with Gasteiger partial charge in [0.15, 0.2) is 0 Å². The molecule has 5 nitrogen and oxygen atoms in total. The van der Waals surface area contributed by atoms with Crippen LogP contribution in [0.25, 0.3) is 0 Å². The molecule has 1 aliphatic rings. The second kappa shape index (κ2) is 7.83. The molecule has 3 amide bonds. The number of hydrogen-bond acceptors (Lipinski definition) is 2. The number of amides is 3. The highest BCUT2D eigenvalue weighted by Gasteiger charge is 2.18. The molecule has 1 fully saturated rings. The maximum Gasteiger partial charge on any atom is 0.323 e. The number of nitrogens with zero attached hydrogens (tertiary/aromatic N) is 1. The summed E-state index contributed by atoms with van der Waals surface area (Å²) in [5, 5.41) is 5.61. The number of carbonyl (C=O) groups is 2. The fraction of sp³-hybridized carbons (Fsp3) is 0.300. The summed E-state index contributed by atoms with van der Waals surface area (Å²) in [6, 6.07) is 14.3. The molecule has 1 aliphatic heterocycles. The first-order valence-electron chi connectivity index (χ1n) is 8.66. The number of carbonyl (C=O) groups excluding carboxylic acids is 2. The van der Waals surface area contributed by atoms with Crippen molar-refractivity contribution in [3.8, 4) is 0 Å². The Bertz CT molecular complexity index is 750. The van der Waals surface area contributed by atoms with Gasteiger partial charge in [0.05, 0.1) is 0 Å². The van der Waals surface area contributed by atoms with Crippen LogP contribution >= 0.6 is 0 Å². The molecule has 0 aromatic heterocycles. The van der Waals surface area contributed by atoms with E-state index < -0.39 is 0 Å². The zero-order valence-electron chi connectivity index (χ0n) is 14.4. The van der Waals surface area contributed by atoms with Crippen LogP contribution in [0.3, 0.4) is 0 Å². The van der Waals surface area contributed by atoms with Crippen molar-refractivity contribution in [2.75, 3.05) is 23.7 Å². The average Bonchev–Trinajstić information content (AvgIpc) is 2.64. The monoisotopic (exact) mass is 337 g/mol. The first-order valence-corrected chi connectivity index (χ1v) is 8.66. The number of nitrogens with one attached hydrogen (secondary N) is 2. The molecule has 130 valence electrons. The lowest BCUT2D eigenvalue weighted by molar-refractivity contribution is 0.0724. The van der Waals surface area contributed by atoms with Gasteiger partial charge in [-0.3, -0.25) is 4.79 Å². The molecule has 0 aliphatic carbocycles. The normalized spacial score (nSPS) is 14.0. The number of likely N-dealkylation sites (tertiary alicyclic amines) is 1. The van der Waals surface area contributed by atoms with Crippen molar-refractivity contribution in [1.82, 2.24) is 4.90 Å². The summed E-state index contributed by atoms with van der Waals surface area (Å²) in [5.41, 5.74) is 3.09. The highest BCUT2D eigenvalue weighted by molar-refractivity contribution is 6.00. The molecular weight excluding hydrogens is 314 g/mol. The fourth-order valence-corrected chi connectivity index (χ4v) is 2.97. The lowest BCUT2D eigenvalue weighted by atomic mass is 10.1. The van der Waals surface area contributed by atoms with E-state index in [9.17, 15) is 9.59 Å².